The normalized spacial score (nSPS) is 13.8. The Kier molecular flexibility index (Phi) is 4.63. The molecule has 0 aromatic heterocycles. The maximum atomic E-state index is 12.1. The van der Waals surface area contributed by atoms with Gasteiger partial charge in [-0.15, -0.1) is 0 Å². The molecule has 0 aliphatic carbocycles. The molecule has 1 rings (SSSR count). The molecule has 0 bridgehead atoms. The molecule has 92 valence electrons. The highest BCUT2D eigenvalue weighted by Gasteiger charge is 2.24. The number of rotatable bonds is 5. The number of carbonyl (C=O) groups excluding carboxylic acids is 1. The van der Waals surface area contributed by atoms with Crippen molar-refractivity contribution < 1.29 is 13.2 Å². The first kappa shape index (κ1) is 13.6. The summed E-state index contributed by atoms with van der Waals surface area (Å²) in [7, 11) is -3.41. The highest BCUT2D eigenvalue weighted by Crippen LogP contribution is 2.17. The molecule has 0 saturated heterocycles. The van der Waals surface area contributed by atoms with Crippen LogP contribution in [0.4, 0.5) is 0 Å². The van der Waals surface area contributed by atoms with Gasteiger partial charge in [-0.25, -0.2) is 8.42 Å². The molecule has 0 spiro atoms. The van der Waals surface area contributed by atoms with Gasteiger partial charge < -0.3 is 0 Å². The van der Waals surface area contributed by atoms with E-state index in [9.17, 15) is 13.2 Å². The number of hydrogen-bond donors (Lipinski definition) is 0. The van der Waals surface area contributed by atoms with Crippen LogP contribution < -0.4 is 0 Å². The van der Waals surface area contributed by atoms with Gasteiger partial charge >= 0.3 is 0 Å². The molecule has 0 aliphatic heterocycles. The van der Waals surface area contributed by atoms with Gasteiger partial charge in [0.15, 0.2) is 15.6 Å². The Balaban J connectivity index is 2.89. The third-order valence-electron chi connectivity index (χ3n) is 2.44. The van der Waals surface area contributed by atoms with Crippen LogP contribution in [0.5, 0.6) is 0 Å². The van der Waals surface area contributed by atoms with Crippen LogP contribution in [0.1, 0.15) is 20.3 Å². The molecule has 0 amide bonds. The lowest BCUT2D eigenvalue weighted by molar-refractivity contribution is -0.114. The van der Waals surface area contributed by atoms with Gasteiger partial charge in [0.1, 0.15) is 0 Å². The average molecular weight is 252 g/mol. The smallest absolute Gasteiger partial charge is 0.181 e. The number of ketones is 1. The van der Waals surface area contributed by atoms with Crippen molar-refractivity contribution in [1.82, 2.24) is 0 Å². The van der Waals surface area contributed by atoms with Crippen molar-refractivity contribution in [3.63, 3.8) is 0 Å². The van der Waals surface area contributed by atoms with E-state index in [0.717, 1.165) is 0 Å². The van der Waals surface area contributed by atoms with Crippen LogP contribution in [-0.4, -0.2) is 19.5 Å². The topological polar surface area (TPSA) is 51.2 Å². The van der Waals surface area contributed by atoms with Gasteiger partial charge in [0.05, 0.1) is 10.1 Å². The van der Waals surface area contributed by atoms with E-state index in [4.69, 9.17) is 0 Å². The van der Waals surface area contributed by atoms with Gasteiger partial charge in [0.25, 0.3) is 0 Å². The summed E-state index contributed by atoms with van der Waals surface area (Å²) >= 11 is 0. The van der Waals surface area contributed by atoms with Crippen molar-refractivity contribution in [1.29, 1.82) is 0 Å². The lowest BCUT2D eigenvalue weighted by Crippen LogP contribution is -2.20. The molecular formula is C13H16O3S. The molecule has 17 heavy (non-hydrogen) atoms. The average Bonchev–Trinajstić information content (AvgIpc) is 2.30. The van der Waals surface area contributed by atoms with Crippen molar-refractivity contribution in [2.75, 3.05) is 0 Å². The van der Waals surface area contributed by atoms with Crippen LogP contribution in [0.25, 0.3) is 0 Å². The molecule has 1 aromatic rings. The van der Waals surface area contributed by atoms with E-state index in [2.05, 4.69) is 0 Å². The lowest BCUT2D eigenvalue weighted by Gasteiger charge is -2.11. The lowest BCUT2D eigenvalue weighted by atomic mass is 10.2. The summed E-state index contributed by atoms with van der Waals surface area (Å²) < 4.78 is 24.2. The molecule has 1 unspecified atom stereocenters. The number of benzene rings is 1. The second-order valence-corrected chi connectivity index (χ2v) is 6.21. The fraction of sp³-hybridized carbons (Fsp3) is 0.308. The van der Waals surface area contributed by atoms with Gasteiger partial charge in [-0.2, -0.15) is 0 Å². The van der Waals surface area contributed by atoms with Crippen molar-refractivity contribution in [3.05, 3.63) is 42.5 Å². The highest BCUT2D eigenvalue weighted by atomic mass is 32.2. The van der Waals surface area contributed by atoms with Crippen LogP contribution >= 0.6 is 0 Å². The zero-order valence-electron chi connectivity index (χ0n) is 9.96. The maximum absolute atomic E-state index is 12.1. The van der Waals surface area contributed by atoms with Gasteiger partial charge in [0.2, 0.25) is 0 Å². The minimum atomic E-state index is -3.41. The fourth-order valence-electron chi connectivity index (χ4n) is 1.49. The molecule has 0 saturated carbocycles. The Morgan fingerprint density at radius 1 is 1.29 bits per heavy atom. The van der Waals surface area contributed by atoms with E-state index < -0.39 is 15.1 Å². The highest BCUT2D eigenvalue weighted by molar-refractivity contribution is 7.92. The first-order chi connectivity index (χ1) is 7.98. The second-order valence-electron chi connectivity index (χ2n) is 3.84. The number of sulfone groups is 1. The van der Waals surface area contributed by atoms with Crippen molar-refractivity contribution in [3.8, 4) is 0 Å². The Hall–Kier alpha value is -1.42. The quantitative estimate of drug-likeness (QED) is 0.756. The van der Waals surface area contributed by atoms with Crippen molar-refractivity contribution >= 4 is 15.6 Å². The van der Waals surface area contributed by atoms with Crippen LogP contribution in [0.2, 0.25) is 0 Å². The van der Waals surface area contributed by atoms with Crippen LogP contribution in [0, 0.1) is 0 Å². The SMILES string of the molecule is C/C=C/C(=O)CC(C)S(=O)(=O)c1ccccc1. The number of carbonyl (C=O) groups is 1. The molecule has 4 heteroatoms. The predicted octanol–water partition coefficient (Wildman–Crippen LogP) is 2.38. The van der Waals surface area contributed by atoms with Crippen molar-refractivity contribution in [2.45, 2.75) is 30.4 Å². The van der Waals surface area contributed by atoms with Gasteiger partial charge in [0, 0.05) is 6.42 Å². The summed E-state index contributed by atoms with van der Waals surface area (Å²) in [5, 5.41) is -0.700. The molecule has 3 nitrogen and oxygen atoms in total. The van der Waals surface area contributed by atoms with Crippen LogP contribution in [0.3, 0.4) is 0 Å². The summed E-state index contributed by atoms with van der Waals surface area (Å²) in [5.74, 6) is -0.167. The Morgan fingerprint density at radius 2 is 1.88 bits per heavy atom. The predicted molar refractivity (Wildman–Crippen MR) is 67.5 cm³/mol. The zero-order valence-corrected chi connectivity index (χ0v) is 10.8. The Labute approximate surface area is 102 Å². The van der Waals surface area contributed by atoms with E-state index in [0.29, 0.717) is 0 Å². The summed E-state index contributed by atoms with van der Waals surface area (Å²) in [6.07, 6.45) is 3.03. The van der Waals surface area contributed by atoms with Gasteiger partial charge in [-0.3, -0.25) is 4.79 Å². The van der Waals surface area contributed by atoms with Crippen LogP contribution in [-0.2, 0) is 14.6 Å². The molecule has 0 heterocycles. The van der Waals surface area contributed by atoms with Gasteiger partial charge in [-0.05, 0) is 32.1 Å². The summed E-state index contributed by atoms with van der Waals surface area (Å²) in [6.45, 7) is 3.29. The Bertz CT molecular complexity index is 501. The first-order valence-electron chi connectivity index (χ1n) is 5.43. The standard InChI is InChI=1S/C13H16O3S/c1-3-7-12(14)10-11(2)17(15,16)13-8-5-4-6-9-13/h3-9,11H,10H2,1-2H3/b7-3+. The summed E-state index contributed by atoms with van der Waals surface area (Å²) in [5.41, 5.74) is 0. The molecule has 0 N–H and O–H groups in total. The molecule has 1 aromatic carbocycles. The fourth-order valence-corrected chi connectivity index (χ4v) is 2.87. The van der Waals surface area contributed by atoms with Crippen LogP contribution in [0.15, 0.2) is 47.4 Å². The molecule has 0 fully saturated rings. The van der Waals surface area contributed by atoms with E-state index in [1.165, 1.54) is 6.08 Å². The molecule has 0 radical (unpaired) electrons. The largest absolute Gasteiger partial charge is 0.295 e. The van der Waals surface area contributed by atoms with E-state index in [-0.39, 0.29) is 17.1 Å². The number of hydrogen-bond acceptors (Lipinski definition) is 3. The van der Waals surface area contributed by atoms with E-state index >= 15 is 0 Å². The molecular weight excluding hydrogens is 236 g/mol. The maximum Gasteiger partial charge on any atom is 0.181 e. The minimum Gasteiger partial charge on any atom is -0.295 e. The van der Waals surface area contributed by atoms with E-state index in [1.54, 1.807) is 50.3 Å². The summed E-state index contributed by atoms with van der Waals surface area (Å²) in [6, 6.07) is 8.20. The monoisotopic (exact) mass is 252 g/mol. The first-order valence-corrected chi connectivity index (χ1v) is 6.97. The Morgan fingerprint density at radius 3 is 2.41 bits per heavy atom. The zero-order chi connectivity index (χ0) is 12.9. The van der Waals surface area contributed by atoms with Gasteiger partial charge in [-0.1, -0.05) is 24.3 Å². The molecule has 1 atom stereocenters. The van der Waals surface area contributed by atoms with E-state index in [1.807, 2.05) is 0 Å². The minimum absolute atomic E-state index is 0.0154. The second kappa shape index (κ2) is 5.77. The third kappa shape index (κ3) is 3.53. The molecule has 0 aliphatic rings. The third-order valence-corrected chi connectivity index (χ3v) is 4.60. The summed E-state index contributed by atoms with van der Waals surface area (Å²) in [4.78, 5) is 11.6. The van der Waals surface area contributed by atoms with Crippen molar-refractivity contribution in [2.24, 2.45) is 0 Å². The number of allylic oxidation sites excluding steroid dienone is 2.